The maximum atomic E-state index is 11.9. The van der Waals surface area contributed by atoms with Crippen LogP contribution in [0.5, 0.6) is 0 Å². The van der Waals surface area contributed by atoms with E-state index in [-0.39, 0.29) is 11.8 Å². The minimum absolute atomic E-state index is 0.0978. The molecule has 0 spiro atoms. The minimum atomic E-state index is -0.427. The van der Waals surface area contributed by atoms with E-state index in [2.05, 4.69) is 5.32 Å². The molecule has 0 heterocycles. The van der Waals surface area contributed by atoms with E-state index in [9.17, 15) is 4.79 Å². The summed E-state index contributed by atoms with van der Waals surface area (Å²) >= 11 is 11.7. The van der Waals surface area contributed by atoms with Crippen molar-refractivity contribution in [3.05, 3.63) is 0 Å². The second kappa shape index (κ2) is 5.40. The van der Waals surface area contributed by atoms with Crippen molar-refractivity contribution in [1.29, 1.82) is 0 Å². The number of alkyl halides is 2. The molecule has 1 aliphatic carbocycles. The maximum absolute atomic E-state index is 11.9. The van der Waals surface area contributed by atoms with Crippen LogP contribution in [0, 0.1) is 11.8 Å². The molecule has 0 aromatic heterocycles. The second-order valence-corrected chi connectivity index (χ2v) is 5.05. The normalized spacial score (nSPS) is 18.7. The fourth-order valence-corrected chi connectivity index (χ4v) is 2.36. The van der Waals surface area contributed by atoms with Gasteiger partial charge in [-0.1, -0.05) is 13.8 Å². The largest absolute Gasteiger partial charge is 0.348 e. The molecule has 88 valence electrons. The van der Waals surface area contributed by atoms with E-state index in [1.807, 2.05) is 13.8 Å². The number of nitrogens with one attached hydrogen (secondary N) is 1. The molecule has 0 aliphatic heterocycles. The lowest BCUT2D eigenvalue weighted by Crippen LogP contribution is -2.53. The summed E-state index contributed by atoms with van der Waals surface area (Å²) in [6.45, 7) is 3.97. The third-order valence-electron chi connectivity index (χ3n) is 3.32. The number of hydrogen-bond acceptors (Lipinski definition) is 1. The van der Waals surface area contributed by atoms with Crippen molar-refractivity contribution in [2.45, 2.75) is 38.6 Å². The zero-order valence-electron chi connectivity index (χ0n) is 9.35. The number of carbonyl (C=O) groups excluding carboxylic acids is 1. The number of amides is 1. The summed E-state index contributed by atoms with van der Waals surface area (Å²) < 4.78 is 0. The van der Waals surface area contributed by atoms with Gasteiger partial charge in [0.15, 0.2) is 0 Å². The van der Waals surface area contributed by atoms with Crippen LogP contribution in [0.25, 0.3) is 0 Å². The van der Waals surface area contributed by atoms with Gasteiger partial charge in [-0.25, -0.2) is 0 Å². The molecule has 1 amide bonds. The quantitative estimate of drug-likeness (QED) is 0.723. The Morgan fingerprint density at radius 3 is 2.33 bits per heavy atom. The lowest BCUT2D eigenvalue weighted by Gasteiger charge is -2.30. The summed E-state index contributed by atoms with van der Waals surface area (Å²) in [5, 5.41) is 3.00. The summed E-state index contributed by atoms with van der Waals surface area (Å²) in [5.74, 6) is 1.51. The van der Waals surface area contributed by atoms with E-state index in [0.717, 1.165) is 6.42 Å². The summed E-state index contributed by atoms with van der Waals surface area (Å²) in [4.78, 5) is 11.9. The van der Waals surface area contributed by atoms with E-state index in [1.165, 1.54) is 12.8 Å². The molecule has 0 aromatic carbocycles. The molecule has 4 heteroatoms. The summed E-state index contributed by atoms with van der Waals surface area (Å²) in [6, 6.07) is 0. The van der Waals surface area contributed by atoms with Crippen LogP contribution in [0.1, 0.15) is 33.1 Å². The zero-order chi connectivity index (χ0) is 11.5. The fraction of sp³-hybridized carbons (Fsp3) is 0.909. The Morgan fingerprint density at radius 2 is 2.00 bits per heavy atom. The minimum Gasteiger partial charge on any atom is -0.348 e. The molecule has 0 bridgehead atoms. The van der Waals surface area contributed by atoms with Crippen LogP contribution in [0.3, 0.4) is 0 Å². The van der Waals surface area contributed by atoms with Gasteiger partial charge in [0.1, 0.15) is 0 Å². The lowest BCUT2D eigenvalue weighted by molar-refractivity contribution is -0.126. The molecule has 1 aliphatic rings. The Bertz CT molecular complexity index is 216. The van der Waals surface area contributed by atoms with Crippen LogP contribution in [-0.2, 0) is 4.79 Å². The number of rotatable bonds is 6. The van der Waals surface area contributed by atoms with Crippen molar-refractivity contribution >= 4 is 29.1 Å². The van der Waals surface area contributed by atoms with Crippen molar-refractivity contribution < 1.29 is 4.79 Å². The molecule has 1 unspecified atom stereocenters. The van der Waals surface area contributed by atoms with Crippen LogP contribution in [0.15, 0.2) is 0 Å². The second-order valence-electron chi connectivity index (χ2n) is 4.52. The highest BCUT2D eigenvalue weighted by atomic mass is 35.5. The molecule has 1 rings (SSSR count). The fourth-order valence-electron chi connectivity index (χ4n) is 1.57. The molecular formula is C11H19Cl2NO. The average molecular weight is 252 g/mol. The first kappa shape index (κ1) is 13.1. The maximum Gasteiger partial charge on any atom is 0.223 e. The summed E-state index contributed by atoms with van der Waals surface area (Å²) in [5.41, 5.74) is -0.427. The Labute approximate surface area is 102 Å². The standard InChI is InChI=1S/C11H19Cl2NO/c1-3-11(6-12,7-13)14-10(15)8(2)9-4-5-9/h8-9H,3-7H2,1-2H3,(H,14,15). The van der Waals surface area contributed by atoms with Crippen LogP contribution >= 0.6 is 23.2 Å². The molecule has 0 aromatic rings. The van der Waals surface area contributed by atoms with Crippen molar-refractivity contribution in [1.82, 2.24) is 5.32 Å². The number of hydrogen-bond donors (Lipinski definition) is 1. The van der Waals surface area contributed by atoms with Gasteiger partial charge in [-0.05, 0) is 25.2 Å². The zero-order valence-corrected chi connectivity index (χ0v) is 10.9. The first-order chi connectivity index (χ1) is 7.08. The van der Waals surface area contributed by atoms with Gasteiger partial charge in [0.05, 0.1) is 5.54 Å². The predicted molar refractivity (Wildman–Crippen MR) is 64.5 cm³/mol. The van der Waals surface area contributed by atoms with E-state index in [1.54, 1.807) is 0 Å². The van der Waals surface area contributed by atoms with Gasteiger partial charge in [0, 0.05) is 17.7 Å². The van der Waals surface area contributed by atoms with Gasteiger partial charge in [-0.15, -0.1) is 23.2 Å². The molecule has 2 nitrogen and oxygen atoms in total. The van der Waals surface area contributed by atoms with E-state index in [4.69, 9.17) is 23.2 Å². The molecule has 0 radical (unpaired) electrons. The van der Waals surface area contributed by atoms with E-state index < -0.39 is 5.54 Å². The van der Waals surface area contributed by atoms with E-state index >= 15 is 0 Å². The molecular weight excluding hydrogens is 233 g/mol. The van der Waals surface area contributed by atoms with Gasteiger partial charge in [-0.2, -0.15) is 0 Å². The van der Waals surface area contributed by atoms with Gasteiger partial charge in [0.2, 0.25) is 5.91 Å². The molecule has 0 saturated heterocycles. The molecule has 1 saturated carbocycles. The van der Waals surface area contributed by atoms with Gasteiger partial charge < -0.3 is 5.32 Å². The van der Waals surface area contributed by atoms with Crippen molar-refractivity contribution in [2.24, 2.45) is 11.8 Å². The summed E-state index contributed by atoms with van der Waals surface area (Å²) in [7, 11) is 0. The van der Waals surface area contributed by atoms with Crippen LogP contribution in [0.4, 0.5) is 0 Å². The van der Waals surface area contributed by atoms with Crippen LogP contribution in [0.2, 0.25) is 0 Å². The summed E-state index contributed by atoms with van der Waals surface area (Å²) in [6.07, 6.45) is 3.12. The van der Waals surface area contributed by atoms with Crippen molar-refractivity contribution in [3.8, 4) is 0 Å². The SMILES string of the molecule is CCC(CCl)(CCl)NC(=O)C(C)C1CC1. The molecule has 15 heavy (non-hydrogen) atoms. The highest BCUT2D eigenvalue weighted by Gasteiger charge is 2.36. The van der Waals surface area contributed by atoms with Crippen molar-refractivity contribution in [3.63, 3.8) is 0 Å². The van der Waals surface area contributed by atoms with Crippen molar-refractivity contribution in [2.75, 3.05) is 11.8 Å². The van der Waals surface area contributed by atoms with Crippen LogP contribution in [-0.4, -0.2) is 23.2 Å². The third kappa shape index (κ3) is 3.25. The number of carbonyl (C=O) groups is 1. The Kier molecular flexibility index (Phi) is 4.72. The number of halogens is 2. The molecule has 1 atom stereocenters. The third-order valence-corrected chi connectivity index (χ3v) is 4.34. The highest BCUT2D eigenvalue weighted by Crippen LogP contribution is 2.36. The Balaban J connectivity index is 2.52. The Morgan fingerprint density at radius 1 is 1.47 bits per heavy atom. The predicted octanol–water partition coefficient (Wildman–Crippen LogP) is 2.78. The van der Waals surface area contributed by atoms with Crippen LogP contribution < -0.4 is 5.32 Å². The first-order valence-electron chi connectivity index (χ1n) is 5.52. The topological polar surface area (TPSA) is 29.1 Å². The average Bonchev–Trinajstić information content (AvgIpc) is 3.08. The Hall–Kier alpha value is 0.0500. The van der Waals surface area contributed by atoms with Gasteiger partial charge >= 0.3 is 0 Å². The molecule has 1 fully saturated rings. The smallest absolute Gasteiger partial charge is 0.223 e. The van der Waals surface area contributed by atoms with Gasteiger partial charge in [0.25, 0.3) is 0 Å². The highest BCUT2D eigenvalue weighted by molar-refractivity contribution is 6.22. The lowest BCUT2D eigenvalue weighted by atomic mass is 9.98. The van der Waals surface area contributed by atoms with E-state index in [0.29, 0.717) is 17.7 Å². The molecule has 1 N–H and O–H groups in total. The first-order valence-corrected chi connectivity index (χ1v) is 6.59. The monoisotopic (exact) mass is 251 g/mol. The van der Waals surface area contributed by atoms with Gasteiger partial charge in [-0.3, -0.25) is 4.79 Å².